The van der Waals surface area contributed by atoms with Crippen molar-refractivity contribution < 1.29 is 0 Å². The molecule has 13 heavy (non-hydrogen) atoms. The standard InChI is InChI=1S/C10H13ClN2/c1-7(2)12-13-10-6-4-5-9(11)8(10)3/h4-6,13H,1-3H3. The van der Waals surface area contributed by atoms with Gasteiger partial charge in [0.05, 0.1) is 5.69 Å². The molecule has 1 aromatic rings. The van der Waals surface area contributed by atoms with E-state index in [1.165, 1.54) is 0 Å². The topological polar surface area (TPSA) is 24.4 Å². The molecule has 1 N–H and O–H groups in total. The van der Waals surface area contributed by atoms with Crippen molar-refractivity contribution in [1.82, 2.24) is 0 Å². The zero-order chi connectivity index (χ0) is 9.84. The van der Waals surface area contributed by atoms with Gasteiger partial charge in [0.1, 0.15) is 0 Å². The van der Waals surface area contributed by atoms with Crippen LogP contribution >= 0.6 is 11.6 Å². The molecular formula is C10H13ClN2. The van der Waals surface area contributed by atoms with Gasteiger partial charge in [-0.05, 0) is 38.5 Å². The van der Waals surface area contributed by atoms with E-state index in [-0.39, 0.29) is 0 Å². The zero-order valence-electron chi connectivity index (χ0n) is 8.06. The molecule has 0 unspecified atom stereocenters. The van der Waals surface area contributed by atoms with Crippen LogP contribution in [0, 0.1) is 6.92 Å². The number of halogens is 1. The fourth-order valence-corrected chi connectivity index (χ4v) is 1.08. The predicted molar refractivity (Wildman–Crippen MR) is 58.6 cm³/mol. The first-order valence-electron chi connectivity index (χ1n) is 4.13. The van der Waals surface area contributed by atoms with Gasteiger partial charge in [0.2, 0.25) is 0 Å². The highest BCUT2D eigenvalue weighted by Crippen LogP contribution is 2.22. The van der Waals surface area contributed by atoms with Gasteiger partial charge in [-0.3, -0.25) is 5.43 Å². The fraction of sp³-hybridized carbons (Fsp3) is 0.300. The Morgan fingerprint density at radius 1 is 1.38 bits per heavy atom. The van der Waals surface area contributed by atoms with Crippen LogP contribution in [0.1, 0.15) is 19.4 Å². The largest absolute Gasteiger partial charge is 0.278 e. The Morgan fingerprint density at radius 3 is 2.69 bits per heavy atom. The number of rotatable bonds is 2. The Morgan fingerprint density at radius 2 is 2.08 bits per heavy atom. The van der Waals surface area contributed by atoms with E-state index in [1.807, 2.05) is 39.0 Å². The van der Waals surface area contributed by atoms with Gasteiger partial charge in [-0.15, -0.1) is 0 Å². The van der Waals surface area contributed by atoms with Crippen LogP contribution in [0.3, 0.4) is 0 Å². The van der Waals surface area contributed by atoms with Crippen molar-refractivity contribution in [1.29, 1.82) is 0 Å². The van der Waals surface area contributed by atoms with Crippen LogP contribution in [0.25, 0.3) is 0 Å². The van der Waals surface area contributed by atoms with E-state index in [9.17, 15) is 0 Å². The lowest BCUT2D eigenvalue weighted by Crippen LogP contribution is -1.95. The van der Waals surface area contributed by atoms with Crippen LogP contribution in [0.15, 0.2) is 23.3 Å². The zero-order valence-corrected chi connectivity index (χ0v) is 8.81. The number of anilines is 1. The summed E-state index contributed by atoms with van der Waals surface area (Å²) in [6, 6.07) is 5.72. The van der Waals surface area contributed by atoms with E-state index in [2.05, 4.69) is 10.5 Å². The van der Waals surface area contributed by atoms with Gasteiger partial charge < -0.3 is 0 Å². The maximum absolute atomic E-state index is 5.94. The maximum atomic E-state index is 5.94. The summed E-state index contributed by atoms with van der Waals surface area (Å²) >= 11 is 5.94. The number of hydrogen-bond donors (Lipinski definition) is 1. The van der Waals surface area contributed by atoms with E-state index >= 15 is 0 Å². The lowest BCUT2D eigenvalue weighted by molar-refractivity contribution is 1.29. The van der Waals surface area contributed by atoms with Crippen molar-refractivity contribution in [2.24, 2.45) is 5.10 Å². The molecule has 0 radical (unpaired) electrons. The average molecular weight is 197 g/mol. The molecule has 0 saturated heterocycles. The van der Waals surface area contributed by atoms with Gasteiger partial charge in [-0.1, -0.05) is 17.7 Å². The van der Waals surface area contributed by atoms with Gasteiger partial charge in [-0.25, -0.2) is 0 Å². The Bertz CT molecular complexity index is 328. The van der Waals surface area contributed by atoms with Crippen LogP contribution in [-0.4, -0.2) is 5.71 Å². The summed E-state index contributed by atoms with van der Waals surface area (Å²) in [6.07, 6.45) is 0. The highest BCUT2D eigenvalue weighted by atomic mass is 35.5. The quantitative estimate of drug-likeness (QED) is 0.569. The van der Waals surface area contributed by atoms with Crippen molar-refractivity contribution in [3.63, 3.8) is 0 Å². The second-order valence-electron chi connectivity index (χ2n) is 3.08. The molecule has 1 rings (SSSR count). The second kappa shape index (κ2) is 4.28. The molecule has 0 aromatic heterocycles. The van der Waals surface area contributed by atoms with Crippen LogP contribution in [-0.2, 0) is 0 Å². The van der Waals surface area contributed by atoms with Crippen molar-refractivity contribution in [2.45, 2.75) is 20.8 Å². The van der Waals surface area contributed by atoms with E-state index in [4.69, 9.17) is 11.6 Å². The van der Waals surface area contributed by atoms with Gasteiger partial charge in [0, 0.05) is 10.7 Å². The first-order valence-corrected chi connectivity index (χ1v) is 4.51. The van der Waals surface area contributed by atoms with Gasteiger partial charge >= 0.3 is 0 Å². The third kappa shape index (κ3) is 2.74. The van der Waals surface area contributed by atoms with Gasteiger partial charge in [0.15, 0.2) is 0 Å². The lowest BCUT2D eigenvalue weighted by Gasteiger charge is -2.06. The molecule has 0 aliphatic carbocycles. The molecule has 0 atom stereocenters. The summed E-state index contributed by atoms with van der Waals surface area (Å²) in [5, 5.41) is 4.86. The van der Waals surface area contributed by atoms with Gasteiger partial charge in [0.25, 0.3) is 0 Å². The summed E-state index contributed by atoms with van der Waals surface area (Å²) < 4.78 is 0. The Balaban J connectivity index is 2.89. The highest BCUT2D eigenvalue weighted by Gasteiger charge is 1.99. The van der Waals surface area contributed by atoms with E-state index in [0.717, 1.165) is 22.0 Å². The minimum Gasteiger partial charge on any atom is -0.278 e. The number of nitrogens with one attached hydrogen (secondary N) is 1. The third-order valence-corrected chi connectivity index (χ3v) is 2.08. The molecule has 3 heteroatoms. The van der Waals surface area contributed by atoms with E-state index < -0.39 is 0 Å². The summed E-state index contributed by atoms with van der Waals surface area (Å²) in [7, 11) is 0. The molecule has 2 nitrogen and oxygen atoms in total. The van der Waals surface area contributed by atoms with Crippen LogP contribution in [0.5, 0.6) is 0 Å². The van der Waals surface area contributed by atoms with Crippen molar-refractivity contribution in [3.8, 4) is 0 Å². The smallest absolute Gasteiger partial charge is 0.0605 e. The first kappa shape index (κ1) is 10.1. The van der Waals surface area contributed by atoms with Crippen molar-refractivity contribution >= 4 is 23.0 Å². The molecule has 70 valence electrons. The van der Waals surface area contributed by atoms with E-state index in [1.54, 1.807) is 0 Å². The van der Waals surface area contributed by atoms with E-state index in [0.29, 0.717) is 0 Å². The number of hydrazone groups is 1. The first-order chi connectivity index (χ1) is 6.11. The number of nitrogens with zero attached hydrogens (tertiary/aromatic N) is 1. The molecular weight excluding hydrogens is 184 g/mol. The summed E-state index contributed by atoms with van der Waals surface area (Å²) in [6.45, 7) is 5.84. The Kier molecular flexibility index (Phi) is 3.32. The van der Waals surface area contributed by atoms with Crippen LogP contribution < -0.4 is 5.43 Å². The van der Waals surface area contributed by atoms with Crippen molar-refractivity contribution in [3.05, 3.63) is 28.8 Å². The average Bonchev–Trinajstić information content (AvgIpc) is 2.07. The molecule has 0 saturated carbocycles. The van der Waals surface area contributed by atoms with Crippen LogP contribution in [0.4, 0.5) is 5.69 Å². The lowest BCUT2D eigenvalue weighted by atomic mass is 10.2. The molecule has 0 spiro atoms. The third-order valence-electron chi connectivity index (χ3n) is 1.67. The van der Waals surface area contributed by atoms with Crippen LogP contribution in [0.2, 0.25) is 5.02 Å². The molecule has 0 fully saturated rings. The van der Waals surface area contributed by atoms with Crippen molar-refractivity contribution in [2.75, 3.05) is 5.43 Å². The molecule has 0 bridgehead atoms. The molecule has 0 heterocycles. The minimum atomic E-state index is 0.758. The molecule has 0 amide bonds. The fourth-order valence-electron chi connectivity index (χ4n) is 0.901. The maximum Gasteiger partial charge on any atom is 0.0605 e. The highest BCUT2D eigenvalue weighted by molar-refractivity contribution is 6.31. The Hall–Kier alpha value is -1.02. The molecule has 0 aliphatic heterocycles. The normalized spacial score (nSPS) is 9.54. The Labute approximate surface area is 83.6 Å². The SMILES string of the molecule is CC(C)=NNc1cccc(Cl)c1C. The summed E-state index contributed by atoms with van der Waals surface area (Å²) in [5.74, 6) is 0. The number of hydrogen-bond acceptors (Lipinski definition) is 2. The second-order valence-corrected chi connectivity index (χ2v) is 3.49. The monoisotopic (exact) mass is 196 g/mol. The molecule has 0 aliphatic rings. The summed E-state index contributed by atoms with van der Waals surface area (Å²) in [5.41, 5.74) is 5.92. The predicted octanol–water partition coefficient (Wildman–Crippen LogP) is 3.46. The summed E-state index contributed by atoms with van der Waals surface area (Å²) in [4.78, 5) is 0. The minimum absolute atomic E-state index is 0.758. The number of benzene rings is 1. The van der Waals surface area contributed by atoms with Gasteiger partial charge in [-0.2, -0.15) is 5.10 Å². The molecule has 1 aromatic carbocycles.